The van der Waals surface area contributed by atoms with Crippen LogP contribution >= 0.6 is 15.9 Å². The molecule has 1 saturated carbocycles. The van der Waals surface area contributed by atoms with Crippen molar-refractivity contribution in [2.24, 2.45) is 0 Å². The maximum atomic E-state index is 13.1. The van der Waals surface area contributed by atoms with Crippen molar-refractivity contribution in [3.63, 3.8) is 0 Å². The lowest BCUT2D eigenvalue weighted by Crippen LogP contribution is -2.41. The average Bonchev–Trinajstić information content (AvgIpc) is 3.21. The smallest absolute Gasteiger partial charge is 0.255 e. The molecule has 0 saturated heterocycles. The number of hydrogen-bond donors (Lipinski definition) is 2. The van der Waals surface area contributed by atoms with Crippen LogP contribution in [-0.2, 0) is 11.3 Å². The molecular weight excluding hydrogens is 463 g/mol. The van der Waals surface area contributed by atoms with E-state index < -0.39 is 5.95 Å². The van der Waals surface area contributed by atoms with E-state index >= 15 is 0 Å². The van der Waals surface area contributed by atoms with Crippen molar-refractivity contribution >= 4 is 27.7 Å². The normalized spacial score (nSPS) is 18.1. The number of anilines is 1. The summed E-state index contributed by atoms with van der Waals surface area (Å²) in [4.78, 5) is 20.7. The Morgan fingerprint density at radius 1 is 1.13 bits per heavy atom. The Kier molecular flexibility index (Phi) is 6.58. The van der Waals surface area contributed by atoms with Gasteiger partial charge in [-0.15, -0.1) is 0 Å². The highest BCUT2D eigenvalue weighted by Gasteiger charge is 2.30. The summed E-state index contributed by atoms with van der Waals surface area (Å²) in [6.45, 7) is 0.487. The van der Waals surface area contributed by atoms with E-state index in [1.54, 1.807) is 18.3 Å². The lowest BCUT2D eigenvalue weighted by molar-refractivity contribution is 0.0272. The molecule has 1 aromatic carbocycles. The molecular formula is C23H22BrFN4O2. The molecule has 0 aliphatic heterocycles. The summed E-state index contributed by atoms with van der Waals surface area (Å²) in [5, 5.41) is 3.05. The first-order chi connectivity index (χ1) is 15.0. The van der Waals surface area contributed by atoms with Crippen LogP contribution in [0, 0.1) is 5.95 Å². The van der Waals surface area contributed by atoms with Crippen LogP contribution in [0.1, 0.15) is 35.2 Å². The van der Waals surface area contributed by atoms with Crippen molar-refractivity contribution in [2.45, 2.75) is 38.0 Å². The molecule has 3 aromatic rings. The Morgan fingerprint density at radius 3 is 2.65 bits per heavy atom. The van der Waals surface area contributed by atoms with Crippen molar-refractivity contribution in [3.05, 3.63) is 76.4 Å². The number of pyridine rings is 2. The number of carbonyl (C=O) groups is 1. The average molecular weight is 485 g/mol. The Balaban J connectivity index is 1.43. The van der Waals surface area contributed by atoms with Crippen molar-refractivity contribution in [1.29, 1.82) is 0 Å². The monoisotopic (exact) mass is 484 g/mol. The number of hydrogen-bond acceptors (Lipinski definition) is 5. The number of halogens is 2. The Hall–Kier alpha value is -2.84. The Morgan fingerprint density at radius 2 is 1.90 bits per heavy atom. The van der Waals surface area contributed by atoms with E-state index in [9.17, 15) is 9.18 Å². The van der Waals surface area contributed by atoms with E-state index in [0.717, 1.165) is 29.3 Å². The van der Waals surface area contributed by atoms with Gasteiger partial charge >= 0.3 is 0 Å². The molecule has 2 aromatic heterocycles. The number of nitrogens with one attached hydrogen (secondary N) is 1. The number of ether oxygens (including phenoxy) is 1. The summed E-state index contributed by atoms with van der Waals surface area (Å²) < 4.78 is 20.2. The molecule has 4 rings (SSSR count). The highest BCUT2D eigenvalue weighted by molar-refractivity contribution is 9.10. The highest BCUT2D eigenvalue weighted by atomic mass is 79.9. The van der Waals surface area contributed by atoms with Crippen LogP contribution < -0.4 is 11.1 Å². The Labute approximate surface area is 188 Å². The lowest BCUT2D eigenvalue weighted by Gasteiger charge is -2.22. The zero-order valence-corrected chi connectivity index (χ0v) is 18.3. The fourth-order valence-electron chi connectivity index (χ4n) is 3.68. The third kappa shape index (κ3) is 5.26. The molecule has 6 nitrogen and oxygen atoms in total. The van der Waals surface area contributed by atoms with E-state index in [-0.39, 0.29) is 29.4 Å². The van der Waals surface area contributed by atoms with Gasteiger partial charge in [-0.2, -0.15) is 4.39 Å². The maximum Gasteiger partial charge on any atom is 0.255 e. The van der Waals surface area contributed by atoms with Gasteiger partial charge in [-0.25, -0.2) is 9.97 Å². The van der Waals surface area contributed by atoms with Gasteiger partial charge < -0.3 is 15.8 Å². The van der Waals surface area contributed by atoms with Crippen LogP contribution in [0.4, 0.5) is 10.2 Å². The molecule has 31 heavy (non-hydrogen) atoms. The van der Waals surface area contributed by atoms with Crippen LogP contribution in [0.25, 0.3) is 11.1 Å². The van der Waals surface area contributed by atoms with Gasteiger partial charge in [0.1, 0.15) is 5.82 Å². The van der Waals surface area contributed by atoms with Gasteiger partial charge in [0.2, 0.25) is 5.95 Å². The van der Waals surface area contributed by atoms with Gasteiger partial charge in [-0.3, -0.25) is 4.79 Å². The van der Waals surface area contributed by atoms with E-state index in [1.165, 1.54) is 12.3 Å². The summed E-state index contributed by atoms with van der Waals surface area (Å²) in [7, 11) is 0. The van der Waals surface area contributed by atoms with Crippen molar-refractivity contribution < 1.29 is 13.9 Å². The van der Waals surface area contributed by atoms with Gasteiger partial charge in [0, 0.05) is 28.0 Å². The quantitative estimate of drug-likeness (QED) is 0.502. The fourth-order valence-corrected chi connectivity index (χ4v) is 3.95. The number of nitrogens with zero attached hydrogens (tertiary/aromatic N) is 2. The number of aromatic nitrogens is 2. The van der Waals surface area contributed by atoms with Gasteiger partial charge in [-0.1, -0.05) is 28.1 Å². The Bertz CT molecular complexity index is 1060. The molecule has 0 bridgehead atoms. The summed E-state index contributed by atoms with van der Waals surface area (Å²) in [5.41, 5.74) is 8.61. The van der Waals surface area contributed by atoms with E-state index in [1.807, 2.05) is 24.3 Å². The number of nitrogens with two attached hydrogens (primary N) is 1. The zero-order chi connectivity index (χ0) is 21.8. The minimum Gasteiger partial charge on any atom is -0.383 e. The number of benzene rings is 1. The third-order valence-electron chi connectivity index (χ3n) is 5.37. The molecule has 8 heteroatoms. The summed E-state index contributed by atoms with van der Waals surface area (Å²) in [5.74, 6) is -0.728. The van der Waals surface area contributed by atoms with E-state index in [2.05, 4.69) is 31.2 Å². The summed E-state index contributed by atoms with van der Waals surface area (Å²) in [6.07, 6.45) is 5.58. The standard InChI is InChI=1S/C23H22BrFN4O2/c24-17-7-4-14(5-8-17)13-31-20-3-1-2-19(20)29-23(30)18-10-16(12-28-22(18)26)15-6-9-21(25)27-11-15/h4-12,19-20H,1-3,13H2,(H2,26,28)(H,29,30)/t19-,20-/m0/s1. The predicted octanol–water partition coefficient (Wildman–Crippen LogP) is 4.50. The second kappa shape index (κ2) is 9.53. The second-order valence-electron chi connectivity index (χ2n) is 7.51. The first-order valence-electron chi connectivity index (χ1n) is 10.0. The number of nitrogen functional groups attached to an aromatic ring is 1. The van der Waals surface area contributed by atoms with Crippen LogP contribution in [0.3, 0.4) is 0 Å². The molecule has 1 aliphatic carbocycles. The zero-order valence-electron chi connectivity index (χ0n) is 16.7. The SMILES string of the molecule is Nc1ncc(-c2ccc(F)nc2)cc1C(=O)N[C@H]1CCC[C@@H]1OCc1ccc(Br)cc1. The first kappa shape index (κ1) is 21.4. The summed E-state index contributed by atoms with van der Waals surface area (Å²) >= 11 is 3.43. The molecule has 0 radical (unpaired) electrons. The molecule has 0 unspecified atom stereocenters. The highest BCUT2D eigenvalue weighted by Crippen LogP contribution is 2.26. The maximum absolute atomic E-state index is 13.1. The van der Waals surface area contributed by atoms with Gasteiger partial charge in [0.15, 0.2) is 0 Å². The minimum atomic E-state index is -0.569. The van der Waals surface area contributed by atoms with Gasteiger partial charge in [0.25, 0.3) is 5.91 Å². The van der Waals surface area contributed by atoms with Crippen LogP contribution in [0.15, 0.2) is 59.3 Å². The topological polar surface area (TPSA) is 90.1 Å². The predicted molar refractivity (Wildman–Crippen MR) is 120 cm³/mol. The van der Waals surface area contributed by atoms with E-state index in [4.69, 9.17) is 10.5 Å². The molecule has 1 amide bonds. The van der Waals surface area contributed by atoms with Gasteiger partial charge in [0.05, 0.1) is 24.3 Å². The van der Waals surface area contributed by atoms with Crippen LogP contribution in [-0.4, -0.2) is 28.0 Å². The van der Waals surface area contributed by atoms with Crippen molar-refractivity contribution in [2.75, 3.05) is 5.73 Å². The van der Waals surface area contributed by atoms with Crippen molar-refractivity contribution in [3.8, 4) is 11.1 Å². The molecule has 3 N–H and O–H groups in total. The molecule has 1 aliphatic rings. The summed E-state index contributed by atoms with van der Waals surface area (Å²) in [6, 6.07) is 12.4. The first-order valence-corrected chi connectivity index (χ1v) is 10.8. The fraction of sp³-hybridized carbons (Fsp3) is 0.261. The minimum absolute atomic E-state index is 0.0636. The number of rotatable bonds is 6. The van der Waals surface area contributed by atoms with Crippen LogP contribution in [0.2, 0.25) is 0 Å². The molecule has 0 spiro atoms. The number of amides is 1. The molecule has 2 atom stereocenters. The lowest BCUT2D eigenvalue weighted by atomic mass is 10.1. The third-order valence-corrected chi connectivity index (χ3v) is 5.90. The number of carbonyl (C=O) groups excluding carboxylic acids is 1. The van der Waals surface area contributed by atoms with Crippen LogP contribution in [0.5, 0.6) is 0 Å². The second-order valence-corrected chi connectivity index (χ2v) is 8.43. The molecule has 1 fully saturated rings. The van der Waals surface area contributed by atoms with Crippen molar-refractivity contribution in [1.82, 2.24) is 15.3 Å². The molecule has 2 heterocycles. The van der Waals surface area contributed by atoms with E-state index in [0.29, 0.717) is 17.7 Å². The molecule has 160 valence electrons. The van der Waals surface area contributed by atoms with Gasteiger partial charge in [-0.05, 0) is 55.2 Å². The largest absolute Gasteiger partial charge is 0.383 e.